The fourth-order valence-corrected chi connectivity index (χ4v) is 6.09. The number of piperidine rings is 1. The summed E-state index contributed by atoms with van der Waals surface area (Å²) in [6.45, 7) is 0.269. The lowest BCUT2D eigenvalue weighted by atomic mass is 9.93. The highest BCUT2D eigenvalue weighted by atomic mass is 19.4. The van der Waals surface area contributed by atoms with E-state index in [0.29, 0.717) is 38.0 Å². The molecule has 9 nitrogen and oxygen atoms in total. The summed E-state index contributed by atoms with van der Waals surface area (Å²) in [4.78, 5) is 36.4. The molecular weight excluding hydrogens is 561 g/mol. The average molecular weight is 598 g/mol. The highest BCUT2D eigenvalue weighted by Crippen LogP contribution is 2.38. The number of amides is 2. The molecule has 5 rings (SSSR count). The summed E-state index contributed by atoms with van der Waals surface area (Å²) >= 11 is 0. The van der Waals surface area contributed by atoms with Gasteiger partial charge in [0.25, 0.3) is 11.9 Å². The molecule has 1 N–H and O–H groups in total. The molecule has 2 amide bonds. The number of alkyl halides is 5. The summed E-state index contributed by atoms with van der Waals surface area (Å²) in [5, 5.41) is 7.34. The normalized spacial score (nSPS) is 20.7. The van der Waals surface area contributed by atoms with Gasteiger partial charge in [0.2, 0.25) is 12.3 Å². The van der Waals surface area contributed by atoms with Gasteiger partial charge in [0, 0.05) is 43.6 Å². The molecular formula is C28H36F5N7O2. The van der Waals surface area contributed by atoms with Crippen molar-refractivity contribution in [2.24, 2.45) is 0 Å². The van der Waals surface area contributed by atoms with Gasteiger partial charge in [-0.1, -0.05) is 12.8 Å². The first-order chi connectivity index (χ1) is 20.0. The van der Waals surface area contributed by atoms with Crippen LogP contribution in [-0.2, 0) is 15.8 Å². The topological polar surface area (TPSA) is 96.2 Å². The molecule has 2 aromatic rings. The minimum absolute atomic E-state index is 0.0568. The lowest BCUT2D eigenvalue weighted by Crippen LogP contribution is -2.47. The van der Waals surface area contributed by atoms with Crippen molar-refractivity contribution in [1.29, 1.82) is 0 Å². The highest BCUT2D eigenvalue weighted by Gasteiger charge is 2.39. The largest absolute Gasteiger partial charge is 0.435 e. The SMILES string of the molecule is O=CN(c1nc(C2CCCC2)n(-c2cccnc2C(F)(F)F)n1)[C@@H](CCN1CCCC(F)(F)C1)CC(=O)NC1CCC1. The van der Waals surface area contributed by atoms with Gasteiger partial charge in [0.1, 0.15) is 5.82 Å². The first kappa shape index (κ1) is 30.3. The number of halogens is 5. The Morgan fingerprint density at radius 1 is 1.17 bits per heavy atom. The van der Waals surface area contributed by atoms with E-state index in [2.05, 4.69) is 20.4 Å². The third kappa shape index (κ3) is 7.07. The standard InChI is InChI=1S/C28H36F5N7O2/c29-27(30)12-5-14-38(17-27)15-11-21(16-23(42)35-20-8-3-9-20)39(18-41)26-36-25(19-6-1-2-7-19)40(37-26)22-10-4-13-34-24(22)28(31,32)33/h4,10,13,18-21H,1-3,5-9,11-12,14-17H2,(H,35,42)/t21-/m0/s1. The van der Waals surface area contributed by atoms with Gasteiger partial charge in [-0.2, -0.15) is 18.2 Å². The quantitative estimate of drug-likeness (QED) is 0.294. The first-order valence-corrected chi connectivity index (χ1v) is 14.7. The highest BCUT2D eigenvalue weighted by molar-refractivity contribution is 5.80. The van der Waals surface area contributed by atoms with Gasteiger partial charge in [-0.05, 0) is 63.6 Å². The van der Waals surface area contributed by atoms with E-state index in [4.69, 9.17) is 0 Å². The second-order valence-corrected chi connectivity index (χ2v) is 11.6. The Bertz CT molecular complexity index is 1240. The molecule has 1 aliphatic heterocycles. The zero-order chi connectivity index (χ0) is 29.9. The minimum atomic E-state index is -4.75. The maximum Gasteiger partial charge on any atom is 0.435 e. The van der Waals surface area contributed by atoms with Gasteiger partial charge in [0.15, 0.2) is 5.69 Å². The van der Waals surface area contributed by atoms with Crippen LogP contribution in [0.5, 0.6) is 0 Å². The summed E-state index contributed by atoms with van der Waals surface area (Å²) < 4.78 is 71.0. The van der Waals surface area contributed by atoms with Crippen LogP contribution in [0.25, 0.3) is 5.69 Å². The van der Waals surface area contributed by atoms with Crippen LogP contribution in [0.1, 0.15) is 88.1 Å². The van der Waals surface area contributed by atoms with Gasteiger partial charge in [-0.15, -0.1) is 5.10 Å². The van der Waals surface area contributed by atoms with E-state index < -0.39 is 30.4 Å². The number of nitrogens with one attached hydrogen (secondary N) is 1. The number of rotatable bonds is 11. The molecule has 1 atom stereocenters. The van der Waals surface area contributed by atoms with Crippen molar-refractivity contribution < 1.29 is 31.5 Å². The van der Waals surface area contributed by atoms with E-state index in [1.165, 1.54) is 17.0 Å². The summed E-state index contributed by atoms with van der Waals surface area (Å²) in [6.07, 6.45) is 2.90. The summed E-state index contributed by atoms with van der Waals surface area (Å²) in [6, 6.07) is 1.91. The molecule has 2 aliphatic carbocycles. The molecule has 0 radical (unpaired) electrons. The van der Waals surface area contributed by atoms with Crippen LogP contribution in [0.4, 0.5) is 27.9 Å². The fourth-order valence-electron chi connectivity index (χ4n) is 6.09. The molecule has 0 spiro atoms. The van der Waals surface area contributed by atoms with Gasteiger partial charge in [-0.25, -0.2) is 18.4 Å². The predicted octanol–water partition coefficient (Wildman–Crippen LogP) is 4.85. The lowest BCUT2D eigenvalue weighted by Gasteiger charge is -2.34. The maximum absolute atomic E-state index is 14.1. The zero-order valence-corrected chi connectivity index (χ0v) is 23.3. The molecule has 3 heterocycles. The molecule has 1 saturated heterocycles. The third-order valence-corrected chi connectivity index (χ3v) is 8.50. The van der Waals surface area contributed by atoms with Crippen molar-refractivity contribution in [3.8, 4) is 5.69 Å². The smallest absolute Gasteiger partial charge is 0.353 e. The Morgan fingerprint density at radius 2 is 1.93 bits per heavy atom. The van der Waals surface area contributed by atoms with Crippen LogP contribution in [0.3, 0.4) is 0 Å². The molecule has 42 heavy (non-hydrogen) atoms. The van der Waals surface area contributed by atoms with Crippen LogP contribution >= 0.6 is 0 Å². The summed E-state index contributed by atoms with van der Waals surface area (Å²) in [5.41, 5.74) is -1.42. The van der Waals surface area contributed by atoms with Gasteiger partial charge in [-0.3, -0.25) is 19.4 Å². The van der Waals surface area contributed by atoms with E-state index in [1.807, 2.05) is 0 Å². The maximum atomic E-state index is 14.1. The van der Waals surface area contributed by atoms with E-state index in [9.17, 15) is 31.5 Å². The molecule has 0 aromatic carbocycles. The minimum Gasteiger partial charge on any atom is -0.353 e. The lowest BCUT2D eigenvalue weighted by molar-refractivity contribution is -0.141. The van der Waals surface area contributed by atoms with E-state index in [1.54, 1.807) is 4.90 Å². The number of pyridine rings is 1. The van der Waals surface area contributed by atoms with Crippen molar-refractivity contribution in [1.82, 2.24) is 30.0 Å². The number of carbonyl (C=O) groups excluding carboxylic acids is 2. The average Bonchev–Trinajstić information content (AvgIpc) is 3.59. The number of hydrogen-bond donors (Lipinski definition) is 1. The van der Waals surface area contributed by atoms with Crippen molar-refractivity contribution in [3.05, 3.63) is 29.8 Å². The van der Waals surface area contributed by atoms with Crippen LogP contribution in [0.2, 0.25) is 0 Å². The molecule has 3 fully saturated rings. The van der Waals surface area contributed by atoms with Crippen molar-refractivity contribution in [2.45, 2.75) is 101 Å². The Hall–Kier alpha value is -3.16. The monoisotopic (exact) mass is 597 g/mol. The van der Waals surface area contributed by atoms with Crippen LogP contribution < -0.4 is 10.2 Å². The molecule has 14 heteroatoms. The molecule has 0 unspecified atom stereocenters. The fraction of sp³-hybridized carbons (Fsp3) is 0.679. The predicted molar refractivity (Wildman–Crippen MR) is 143 cm³/mol. The zero-order valence-electron chi connectivity index (χ0n) is 23.3. The molecule has 230 valence electrons. The van der Waals surface area contributed by atoms with Gasteiger partial charge >= 0.3 is 6.18 Å². The van der Waals surface area contributed by atoms with Crippen LogP contribution in [-0.4, -0.2) is 74.6 Å². The van der Waals surface area contributed by atoms with E-state index >= 15 is 0 Å². The van der Waals surface area contributed by atoms with Crippen molar-refractivity contribution >= 4 is 18.3 Å². The third-order valence-electron chi connectivity index (χ3n) is 8.50. The van der Waals surface area contributed by atoms with Crippen molar-refractivity contribution in [3.63, 3.8) is 0 Å². The molecule has 3 aliphatic rings. The van der Waals surface area contributed by atoms with E-state index in [-0.39, 0.29) is 55.3 Å². The molecule has 0 bridgehead atoms. The summed E-state index contributed by atoms with van der Waals surface area (Å²) in [7, 11) is 0. The molecule has 2 aromatic heterocycles. The Labute approximate surface area is 240 Å². The second-order valence-electron chi connectivity index (χ2n) is 11.6. The first-order valence-electron chi connectivity index (χ1n) is 14.7. The number of nitrogens with zero attached hydrogens (tertiary/aromatic N) is 6. The number of hydrogen-bond acceptors (Lipinski definition) is 6. The van der Waals surface area contributed by atoms with E-state index in [0.717, 1.165) is 43.0 Å². The Balaban J connectivity index is 1.47. The number of aromatic nitrogens is 4. The van der Waals surface area contributed by atoms with Gasteiger partial charge in [0.05, 0.1) is 12.2 Å². The Kier molecular flexibility index (Phi) is 9.09. The molecule has 2 saturated carbocycles. The number of anilines is 1. The van der Waals surface area contributed by atoms with Crippen LogP contribution in [0, 0.1) is 0 Å². The van der Waals surface area contributed by atoms with Crippen LogP contribution in [0.15, 0.2) is 18.3 Å². The van der Waals surface area contributed by atoms with Gasteiger partial charge < -0.3 is 5.32 Å². The number of carbonyl (C=O) groups is 2. The second kappa shape index (κ2) is 12.6. The summed E-state index contributed by atoms with van der Waals surface area (Å²) in [5.74, 6) is -3.11. The Morgan fingerprint density at radius 3 is 2.57 bits per heavy atom. The van der Waals surface area contributed by atoms with Crippen molar-refractivity contribution in [2.75, 3.05) is 24.5 Å². The number of likely N-dealkylation sites (tertiary alicyclic amines) is 1.